The van der Waals surface area contributed by atoms with Gasteiger partial charge in [0, 0.05) is 30.4 Å². The van der Waals surface area contributed by atoms with E-state index >= 15 is 0 Å². The van der Waals surface area contributed by atoms with Gasteiger partial charge in [0.1, 0.15) is 0 Å². The molecule has 3 rings (SSSR count). The molecular weight excluding hydrogens is 328 g/mol. The lowest BCUT2D eigenvalue weighted by molar-refractivity contribution is 0.0697. The number of benzene rings is 1. The number of likely N-dealkylation sites (tertiary alicyclic amines) is 1. The molecule has 2 aliphatic rings. The third kappa shape index (κ3) is 4.34. The molecule has 1 saturated heterocycles. The van der Waals surface area contributed by atoms with Crippen LogP contribution in [0, 0.1) is 23.2 Å². The van der Waals surface area contributed by atoms with Crippen LogP contribution in [0.1, 0.15) is 49.4 Å². The van der Waals surface area contributed by atoms with Gasteiger partial charge in [-0.1, -0.05) is 6.92 Å². The van der Waals surface area contributed by atoms with Crippen molar-refractivity contribution < 1.29 is 9.59 Å². The number of anilines is 1. The largest absolute Gasteiger partial charge is 0.339 e. The van der Waals surface area contributed by atoms with Gasteiger partial charge in [-0.25, -0.2) is 4.79 Å². The van der Waals surface area contributed by atoms with Gasteiger partial charge in [-0.15, -0.1) is 0 Å². The summed E-state index contributed by atoms with van der Waals surface area (Å²) in [5.41, 5.74) is 1.28. The van der Waals surface area contributed by atoms with E-state index in [2.05, 4.69) is 23.6 Å². The van der Waals surface area contributed by atoms with E-state index in [1.807, 2.05) is 4.90 Å². The molecule has 0 aromatic heterocycles. The zero-order chi connectivity index (χ0) is 18.5. The molecule has 1 aliphatic carbocycles. The van der Waals surface area contributed by atoms with Crippen LogP contribution in [-0.2, 0) is 0 Å². The minimum absolute atomic E-state index is 0.0516. The van der Waals surface area contributed by atoms with Crippen LogP contribution in [0.3, 0.4) is 0 Å². The van der Waals surface area contributed by atoms with E-state index in [-0.39, 0.29) is 23.9 Å². The molecule has 1 aromatic carbocycles. The molecule has 0 unspecified atom stereocenters. The maximum atomic E-state index is 12.5. The Hall–Kier alpha value is -2.55. The molecule has 2 atom stereocenters. The molecule has 0 bridgehead atoms. The molecule has 1 saturated carbocycles. The van der Waals surface area contributed by atoms with Crippen LogP contribution in [-0.4, -0.2) is 36.0 Å². The number of urea groups is 1. The number of amides is 3. The highest BCUT2D eigenvalue weighted by Gasteiger charge is 2.28. The van der Waals surface area contributed by atoms with E-state index in [1.165, 1.54) is 0 Å². The summed E-state index contributed by atoms with van der Waals surface area (Å²) in [6.07, 6.45) is 4.75. The standard InChI is InChI=1S/C20H26N4O2/c1-14-9-11-24(12-10-14)19(25)15-5-7-17(8-6-15)22-20(26)23-18-4-2-3-16(18)13-21/h5-8,14,16,18H,2-4,9-12H2,1H3,(H2,22,23,26)/t16-,18+/m0/s1. The van der Waals surface area contributed by atoms with Gasteiger partial charge in [-0.05, 0) is 62.3 Å². The molecule has 2 N–H and O–H groups in total. The molecule has 0 spiro atoms. The lowest BCUT2D eigenvalue weighted by Crippen LogP contribution is -2.39. The summed E-state index contributed by atoms with van der Waals surface area (Å²) in [6, 6.07) is 8.87. The van der Waals surface area contributed by atoms with Crippen LogP contribution in [0.15, 0.2) is 24.3 Å². The Balaban J connectivity index is 1.53. The highest BCUT2D eigenvalue weighted by molar-refractivity contribution is 5.95. The average Bonchev–Trinajstić information content (AvgIpc) is 3.09. The summed E-state index contributed by atoms with van der Waals surface area (Å²) < 4.78 is 0. The van der Waals surface area contributed by atoms with Crippen LogP contribution >= 0.6 is 0 Å². The minimum Gasteiger partial charge on any atom is -0.339 e. The fraction of sp³-hybridized carbons (Fsp3) is 0.550. The summed E-state index contributed by atoms with van der Waals surface area (Å²) in [7, 11) is 0. The maximum absolute atomic E-state index is 12.5. The van der Waals surface area contributed by atoms with Gasteiger partial charge in [-0.3, -0.25) is 4.79 Å². The highest BCUT2D eigenvalue weighted by Crippen LogP contribution is 2.25. The number of hydrogen-bond donors (Lipinski definition) is 2. The minimum atomic E-state index is -0.304. The van der Waals surface area contributed by atoms with Gasteiger partial charge in [0.2, 0.25) is 0 Å². The van der Waals surface area contributed by atoms with Gasteiger partial charge in [-0.2, -0.15) is 5.26 Å². The summed E-state index contributed by atoms with van der Waals surface area (Å²) in [5.74, 6) is 0.633. The van der Waals surface area contributed by atoms with Crippen molar-refractivity contribution in [3.63, 3.8) is 0 Å². The van der Waals surface area contributed by atoms with Crippen molar-refractivity contribution in [1.82, 2.24) is 10.2 Å². The van der Waals surface area contributed by atoms with Crippen molar-refractivity contribution in [1.29, 1.82) is 5.26 Å². The Labute approximate surface area is 154 Å². The van der Waals surface area contributed by atoms with Crippen molar-refractivity contribution >= 4 is 17.6 Å². The Kier molecular flexibility index (Phi) is 5.77. The smallest absolute Gasteiger partial charge is 0.319 e. The summed E-state index contributed by atoms with van der Waals surface area (Å²) in [4.78, 5) is 26.6. The number of nitrogens with one attached hydrogen (secondary N) is 2. The van der Waals surface area contributed by atoms with E-state index in [9.17, 15) is 9.59 Å². The third-order valence-electron chi connectivity index (χ3n) is 5.46. The lowest BCUT2D eigenvalue weighted by Gasteiger charge is -2.30. The molecule has 1 aliphatic heterocycles. The van der Waals surface area contributed by atoms with Gasteiger partial charge in [0.05, 0.1) is 12.0 Å². The zero-order valence-corrected chi connectivity index (χ0v) is 15.2. The Bertz CT molecular complexity index is 687. The first-order chi connectivity index (χ1) is 12.6. The fourth-order valence-corrected chi connectivity index (χ4v) is 3.71. The Morgan fingerprint density at radius 3 is 2.46 bits per heavy atom. The second-order valence-corrected chi connectivity index (χ2v) is 7.42. The molecule has 1 heterocycles. The number of carbonyl (C=O) groups is 2. The number of rotatable bonds is 3. The van der Waals surface area contributed by atoms with E-state index in [1.54, 1.807) is 24.3 Å². The quantitative estimate of drug-likeness (QED) is 0.872. The third-order valence-corrected chi connectivity index (χ3v) is 5.46. The lowest BCUT2D eigenvalue weighted by atomic mass is 9.98. The number of nitrogens with zero attached hydrogens (tertiary/aromatic N) is 2. The Morgan fingerprint density at radius 1 is 1.12 bits per heavy atom. The first kappa shape index (κ1) is 18.2. The molecule has 1 aromatic rings. The normalized spacial score (nSPS) is 23.3. The van der Waals surface area contributed by atoms with Crippen molar-refractivity contribution in [3.8, 4) is 6.07 Å². The van der Waals surface area contributed by atoms with Gasteiger partial charge in [0.25, 0.3) is 5.91 Å². The first-order valence-electron chi connectivity index (χ1n) is 9.43. The average molecular weight is 354 g/mol. The van der Waals surface area contributed by atoms with Gasteiger partial charge < -0.3 is 15.5 Å². The number of carbonyl (C=O) groups excluding carboxylic acids is 2. The van der Waals surface area contributed by atoms with Gasteiger partial charge >= 0.3 is 6.03 Å². The monoisotopic (exact) mass is 354 g/mol. The molecule has 3 amide bonds. The van der Waals surface area contributed by atoms with Crippen LogP contribution in [0.2, 0.25) is 0 Å². The van der Waals surface area contributed by atoms with Gasteiger partial charge in [0.15, 0.2) is 0 Å². The molecule has 26 heavy (non-hydrogen) atoms. The van der Waals surface area contributed by atoms with Crippen molar-refractivity contribution in [2.45, 2.75) is 45.1 Å². The van der Waals surface area contributed by atoms with Crippen LogP contribution in [0.5, 0.6) is 0 Å². The van der Waals surface area contributed by atoms with Crippen LogP contribution in [0.4, 0.5) is 10.5 Å². The maximum Gasteiger partial charge on any atom is 0.319 e. The van der Waals surface area contributed by atoms with E-state index in [0.717, 1.165) is 45.2 Å². The number of hydrogen-bond acceptors (Lipinski definition) is 3. The summed E-state index contributed by atoms with van der Waals surface area (Å²) >= 11 is 0. The Morgan fingerprint density at radius 2 is 1.81 bits per heavy atom. The second kappa shape index (κ2) is 8.22. The molecule has 0 radical (unpaired) electrons. The first-order valence-corrected chi connectivity index (χ1v) is 9.43. The number of piperidine rings is 1. The summed E-state index contributed by atoms with van der Waals surface area (Å²) in [6.45, 7) is 3.84. The predicted octanol–water partition coefficient (Wildman–Crippen LogP) is 3.37. The number of nitriles is 1. The predicted molar refractivity (Wildman–Crippen MR) is 99.6 cm³/mol. The van der Waals surface area contributed by atoms with Crippen LogP contribution < -0.4 is 10.6 Å². The SMILES string of the molecule is CC1CCN(C(=O)c2ccc(NC(=O)N[C@@H]3CCC[C@H]3C#N)cc2)CC1. The molecular formula is C20H26N4O2. The molecule has 6 heteroatoms. The summed E-state index contributed by atoms with van der Waals surface area (Å²) in [5, 5.41) is 14.7. The van der Waals surface area contributed by atoms with Crippen molar-refractivity contribution in [2.24, 2.45) is 11.8 Å². The molecule has 2 fully saturated rings. The molecule has 138 valence electrons. The van der Waals surface area contributed by atoms with E-state index < -0.39 is 0 Å². The van der Waals surface area contributed by atoms with Crippen LogP contribution in [0.25, 0.3) is 0 Å². The van der Waals surface area contributed by atoms with Crippen molar-refractivity contribution in [3.05, 3.63) is 29.8 Å². The topological polar surface area (TPSA) is 85.2 Å². The van der Waals surface area contributed by atoms with E-state index in [4.69, 9.17) is 5.26 Å². The van der Waals surface area contributed by atoms with E-state index in [0.29, 0.717) is 17.2 Å². The van der Waals surface area contributed by atoms with Crippen molar-refractivity contribution in [2.75, 3.05) is 18.4 Å². The zero-order valence-electron chi connectivity index (χ0n) is 15.2. The molecule has 6 nitrogen and oxygen atoms in total. The second-order valence-electron chi connectivity index (χ2n) is 7.42. The fourth-order valence-electron chi connectivity index (χ4n) is 3.71. The highest BCUT2D eigenvalue weighted by atomic mass is 16.2.